The van der Waals surface area contributed by atoms with E-state index in [1.165, 1.54) is 0 Å². The summed E-state index contributed by atoms with van der Waals surface area (Å²) in [5.74, 6) is 1.24. The summed E-state index contributed by atoms with van der Waals surface area (Å²) in [4.78, 5) is 24.7. The van der Waals surface area contributed by atoms with Gasteiger partial charge in [0, 0.05) is 35.8 Å². The number of nitrogens with one attached hydrogen (secondary N) is 1. The highest BCUT2D eigenvalue weighted by Crippen LogP contribution is 2.30. The first kappa shape index (κ1) is 16.4. The van der Waals surface area contributed by atoms with Gasteiger partial charge < -0.3 is 15.8 Å². The van der Waals surface area contributed by atoms with Crippen molar-refractivity contribution >= 4 is 23.7 Å². The molecule has 1 aliphatic heterocycles. The van der Waals surface area contributed by atoms with Crippen LogP contribution in [0.4, 0.5) is 5.69 Å². The van der Waals surface area contributed by atoms with Crippen molar-refractivity contribution < 1.29 is 9.53 Å². The van der Waals surface area contributed by atoms with Crippen molar-refractivity contribution in [3.63, 3.8) is 0 Å². The fraction of sp³-hybridized carbons (Fsp3) is 0.263. The van der Waals surface area contributed by atoms with E-state index in [-0.39, 0.29) is 11.8 Å². The first-order valence-electron chi connectivity index (χ1n) is 8.54. The Kier molecular flexibility index (Phi) is 4.45. The normalized spacial score (nSPS) is 21.8. The zero-order valence-corrected chi connectivity index (χ0v) is 14.1. The van der Waals surface area contributed by atoms with Gasteiger partial charge in [-0.15, -0.1) is 0 Å². The van der Waals surface area contributed by atoms with Crippen molar-refractivity contribution in [3.05, 3.63) is 54.4 Å². The number of aliphatic imine (C=N–C) groups is 2. The number of nitrogens with two attached hydrogens (primary N) is 1. The fourth-order valence-corrected chi connectivity index (χ4v) is 2.58. The summed E-state index contributed by atoms with van der Waals surface area (Å²) in [6, 6.07) is 10.4. The Morgan fingerprint density at radius 3 is 2.69 bits per heavy atom. The highest BCUT2D eigenvalue weighted by atomic mass is 16.5. The lowest BCUT2D eigenvalue weighted by Crippen LogP contribution is -2.38. The zero-order valence-electron chi connectivity index (χ0n) is 14.1. The monoisotopic (exact) mass is 349 g/mol. The van der Waals surface area contributed by atoms with E-state index >= 15 is 0 Å². The van der Waals surface area contributed by atoms with Gasteiger partial charge in [0.25, 0.3) is 0 Å². The molecule has 1 aromatic heterocycles. The molecule has 2 atom stereocenters. The van der Waals surface area contributed by atoms with Crippen molar-refractivity contribution in [1.29, 1.82) is 0 Å². The van der Waals surface area contributed by atoms with Crippen molar-refractivity contribution in [2.45, 2.75) is 25.0 Å². The third-order valence-electron chi connectivity index (χ3n) is 4.20. The Hall–Kier alpha value is -3.06. The van der Waals surface area contributed by atoms with Crippen molar-refractivity contribution in [1.82, 2.24) is 4.98 Å². The molecule has 0 saturated heterocycles. The number of carbonyl (C=O) groups is 1. The Balaban J connectivity index is 1.45. The number of hydrogen-bond donors (Lipinski definition) is 2. The highest BCUT2D eigenvalue weighted by Gasteiger charge is 2.29. The van der Waals surface area contributed by atoms with Gasteiger partial charge >= 0.3 is 0 Å². The van der Waals surface area contributed by atoms with E-state index < -0.39 is 12.2 Å². The quantitative estimate of drug-likeness (QED) is 0.884. The zero-order chi connectivity index (χ0) is 17.9. The lowest BCUT2D eigenvalue weighted by atomic mass is 10.2. The van der Waals surface area contributed by atoms with Gasteiger partial charge in [0.05, 0.1) is 0 Å². The van der Waals surface area contributed by atoms with Crippen LogP contribution in [0.2, 0.25) is 0 Å². The van der Waals surface area contributed by atoms with Crippen LogP contribution in [0.25, 0.3) is 0 Å². The van der Waals surface area contributed by atoms with E-state index in [9.17, 15) is 4.79 Å². The van der Waals surface area contributed by atoms with Crippen LogP contribution in [0.15, 0.2) is 58.8 Å². The van der Waals surface area contributed by atoms with Gasteiger partial charge in [-0.05, 0) is 43.2 Å². The molecule has 4 rings (SSSR count). The first-order chi connectivity index (χ1) is 12.7. The summed E-state index contributed by atoms with van der Waals surface area (Å²) in [5.41, 5.74) is 7.64. The standard InChI is InChI=1S/C19H19N5O2/c20-16-11-22-17(13-2-1-9-21-10-13)24-19(16)26-15-7-5-14(6-8-15)23-18(25)12-3-4-12/h1-2,5-12,16-17H,3-4,20H2,(H,23,25). The molecular weight excluding hydrogens is 330 g/mol. The minimum Gasteiger partial charge on any atom is -0.441 e. The molecule has 7 heteroatoms. The smallest absolute Gasteiger partial charge is 0.227 e. The van der Waals surface area contributed by atoms with E-state index in [1.807, 2.05) is 12.1 Å². The number of benzene rings is 1. The lowest BCUT2D eigenvalue weighted by molar-refractivity contribution is -0.117. The molecule has 1 amide bonds. The van der Waals surface area contributed by atoms with E-state index in [0.717, 1.165) is 24.1 Å². The molecule has 132 valence electrons. The third-order valence-corrected chi connectivity index (χ3v) is 4.20. The largest absolute Gasteiger partial charge is 0.441 e. The van der Waals surface area contributed by atoms with Gasteiger partial charge in [-0.3, -0.25) is 14.8 Å². The fourth-order valence-electron chi connectivity index (χ4n) is 2.58. The molecule has 1 aromatic carbocycles. The topological polar surface area (TPSA) is 102 Å². The van der Waals surface area contributed by atoms with Crippen LogP contribution >= 0.6 is 0 Å². The lowest BCUT2D eigenvalue weighted by Gasteiger charge is -2.20. The van der Waals surface area contributed by atoms with Crippen molar-refractivity contribution in [2.75, 3.05) is 5.32 Å². The summed E-state index contributed by atoms with van der Waals surface area (Å²) >= 11 is 0. The Morgan fingerprint density at radius 1 is 1.19 bits per heavy atom. The van der Waals surface area contributed by atoms with Crippen molar-refractivity contribution in [2.24, 2.45) is 21.6 Å². The van der Waals surface area contributed by atoms with Gasteiger partial charge in [0.2, 0.25) is 11.8 Å². The molecule has 2 unspecified atom stereocenters. The second-order valence-electron chi connectivity index (χ2n) is 6.34. The van der Waals surface area contributed by atoms with E-state index in [2.05, 4.69) is 20.3 Å². The number of hydrogen-bond acceptors (Lipinski definition) is 6. The SMILES string of the molecule is NC1C=NC(c2cccnc2)N=C1Oc1ccc(NC(=O)C2CC2)cc1. The molecule has 26 heavy (non-hydrogen) atoms. The van der Waals surface area contributed by atoms with Gasteiger partial charge in [-0.25, -0.2) is 4.99 Å². The summed E-state index contributed by atoms with van der Waals surface area (Å²) < 4.78 is 5.84. The summed E-state index contributed by atoms with van der Waals surface area (Å²) in [5, 5.41) is 2.89. The first-order valence-corrected chi connectivity index (χ1v) is 8.54. The predicted octanol–water partition coefficient (Wildman–Crippen LogP) is 2.32. The van der Waals surface area contributed by atoms with Crippen molar-refractivity contribution in [3.8, 4) is 5.75 Å². The summed E-state index contributed by atoms with van der Waals surface area (Å²) in [6.45, 7) is 0. The number of pyridine rings is 1. The molecule has 0 radical (unpaired) electrons. The number of nitrogens with zero attached hydrogens (tertiary/aromatic N) is 3. The number of rotatable bonds is 4. The Bertz CT molecular complexity index is 844. The Labute approximate surface area is 151 Å². The maximum Gasteiger partial charge on any atom is 0.227 e. The molecule has 1 aliphatic carbocycles. The predicted molar refractivity (Wildman–Crippen MR) is 99.3 cm³/mol. The summed E-state index contributed by atoms with van der Waals surface area (Å²) in [7, 11) is 0. The number of carbonyl (C=O) groups excluding carboxylic acids is 1. The van der Waals surface area contributed by atoms with E-state index in [4.69, 9.17) is 10.5 Å². The molecule has 2 aliphatic rings. The second kappa shape index (κ2) is 7.05. The molecule has 0 bridgehead atoms. The molecular formula is C19H19N5O2. The van der Waals surface area contributed by atoms with Crippen LogP contribution in [0.3, 0.4) is 0 Å². The number of ether oxygens (including phenoxy) is 1. The Morgan fingerprint density at radius 2 is 2.00 bits per heavy atom. The molecule has 1 fully saturated rings. The molecule has 0 spiro atoms. The van der Waals surface area contributed by atoms with Gasteiger partial charge in [-0.1, -0.05) is 6.07 Å². The minimum absolute atomic E-state index is 0.0767. The van der Waals surface area contributed by atoms with Crippen LogP contribution in [-0.4, -0.2) is 29.0 Å². The third kappa shape index (κ3) is 3.78. The van der Waals surface area contributed by atoms with Crippen LogP contribution in [0, 0.1) is 5.92 Å². The van der Waals surface area contributed by atoms with Gasteiger partial charge in [-0.2, -0.15) is 0 Å². The minimum atomic E-state index is -0.503. The van der Waals surface area contributed by atoms with Crippen LogP contribution in [-0.2, 0) is 4.79 Å². The number of amides is 1. The average molecular weight is 349 g/mol. The molecule has 2 heterocycles. The maximum atomic E-state index is 11.8. The van der Waals surface area contributed by atoms with Gasteiger partial charge in [0.15, 0.2) is 6.17 Å². The molecule has 3 N–H and O–H groups in total. The van der Waals surface area contributed by atoms with Crippen LogP contribution < -0.4 is 15.8 Å². The van der Waals surface area contributed by atoms with Gasteiger partial charge in [0.1, 0.15) is 11.8 Å². The molecule has 2 aromatic rings. The second-order valence-corrected chi connectivity index (χ2v) is 6.34. The maximum absolute atomic E-state index is 11.8. The molecule has 7 nitrogen and oxygen atoms in total. The average Bonchev–Trinajstić information content (AvgIpc) is 3.51. The number of anilines is 1. The van der Waals surface area contributed by atoms with Crippen LogP contribution in [0.5, 0.6) is 5.75 Å². The number of aromatic nitrogens is 1. The molecule has 1 saturated carbocycles. The van der Waals surface area contributed by atoms with E-state index in [0.29, 0.717) is 11.6 Å². The highest BCUT2D eigenvalue weighted by molar-refractivity contribution is 6.00. The van der Waals surface area contributed by atoms with E-state index in [1.54, 1.807) is 42.9 Å². The summed E-state index contributed by atoms with van der Waals surface area (Å²) in [6.07, 6.45) is 6.60. The van der Waals surface area contributed by atoms with Crippen LogP contribution in [0.1, 0.15) is 24.6 Å².